The van der Waals surface area contributed by atoms with Gasteiger partial charge in [-0.15, -0.1) is 34.0 Å². The van der Waals surface area contributed by atoms with Gasteiger partial charge in [-0.2, -0.15) is 0 Å². The molecular weight excluding hydrogens is 400 g/mol. The van der Waals surface area contributed by atoms with Crippen molar-refractivity contribution < 1.29 is 9.90 Å². The molecule has 1 saturated carbocycles. The summed E-state index contributed by atoms with van der Waals surface area (Å²) in [5.74, 6) is 0.884. The fourth-order valence-electron chi connectivity index (χ4n) is 2.66. The van der Waals surface area contributed by atoms with Crippen LogP contribution < -0.4 is 11.1 Å². The fraction of sp³-hybridized carbons (Fsp3) is 0.933. The SMILES string of the molecule is Br.Br.CC(C)CNC(=O)C(N)[C@@H](O)CCC1CCCCC1. The highest BCUT2D eigenvalue weighted by atomic mass is 79.9. The van der Waals surface area contributed by atoms with E-state index >= 15 is 0 Å². The number of nitrogens with two attached hydrogens (primary N) is 1. The van der Waals surface area contributed by atoms with Gasteiger partial charge in [0.1, 0.15) is 6.04 Å². The molecule has 0 aromatic heterocycles. The predicted molar refractivity (Wildman–Crippen MR) is 98.3 cm³/mol. The summed E-state index contributed by atoms with van der Waals surface area (Å²) in [6.45, 7) is 4.68. The molecule has 0 aliphatic heterocycles. The third kappa shape index (κ3) is 9.87. The molecule has 1 amide bonds. The van der Waals surface area contributed by atoms with Crippen molar-refractivity contribution in [3.63, 3.8) is 0 Å². The maximum absolute atomic E-state index is 11.7. The Morgan fingerprint density at radius 3 is 2.33 bits per heavy atom. The molecule has 0 spiro atoms. The molecule has 1 aliphatic carbocycles. The van der Waals surface area contributed by atoms with Gasteiger partial charge in [0.15, 0.2) is 0 Å². The second-order valence-corrected chi connectivity index (χ2v) is 6.31. The molecule has 1 unspecified atom stereocenters. The Balaban J connectivity index is 0. The van der Waals surface area contributed by atoms with Crippen molar-refractivity contribution in [2.24, 2.45) is 17.6 Å². The summed E-state index contributed by atoms with van der Waals surface area (Å²) in [6, 6.07) is -0.789. The number of rotatable bonds is 7. The van der Waals surface area contributed by atoms with E-state index in [2.05, 4.69) is 5.32 Å². The molecule has 0 heterocycles. The number of amides is 1. The molecule has 0 aromatic carbocycles. The Kier molecular flexibility index (Phi) is 14.5. The van der Waals surface area contributed by atoms with Crippen LogP contribution in [0.1, 0.15) is 58.8 Å². The zero-order valence-corrected chi connectivity index (χ0v) is 16.6. The lowest BCUT2D eigenvalue weighted by Gasteiger charge is -2.24. The van der Waals surface area contributed by atoms with E-state index in [1.165, 1.54) is 32.1 Å². The number of hydrogen-bond acceptors (Lipinski definition) is 3. The van der Waals surface area contributed by atoms with E-state index in [-0.39, 0.29) is 39.9 Å². The number of carbonyl (C=O) groups is 1. The lowest BCUT2D eigenvalue weighted by molar-refractivity contribution is -0.125. The molecule has 0 aromatic rings. The van der Waals surface area contributed by atoms with Gasteiger partial charge in [-0.3, -0.25) is 4.79 Å². The van der Waals surface area contributed by atoms with Crippen molar-refractivity contribution in [3.05, 3.63) is 0 Å². The van der Waals surface area contributed by atoms with Crippen molar-refractivity contribution in [1.29, 1.82) is 0 Å². The monoisotopic (exact) mass is 430 g/mol. The van der Waals surface area contributed by atoms with Crippen LogP contribution in [0.3, 0.4) is 0 Å². The van der Waals surface area contributed by atoms with Crippen molar-refractivity contribution in [2.75, 3.05) is 6.54 Å². The van der Waals surface area contributed by atoms with Gasteiger partial charge < -0.3 is 16.2 Å². The molecule has 0 saturated heterocycles. The summed E-state index contributed by atoms with van der Waals surface area (Å²) in [5, 5.41) is 12.8. The highest BCUT2D eigenvalue weighted by molar-refractivity contribution is 8.93. The van der Waals surface area contributed by atoms with E-state index < -0.39 is 12.1 Å². The highest BCUT2D eigenvalue weighted by Gasteiger charge is 2.24. The molecule has 0 radical (unpaired) electrons. The lowest BCUT2D eigenvalue weighted by Crippen LogP contribution is -2.49. The van der Waals surface area contributed by atoms with Crippen LogP contribution >= 0.6 is 34.0 Å². The molecule has 2 atom stereocenters. The highest BCUT2D eigenvalue weighted by Crippen LogP contribution is 2.27. The van der Waals surface area contributed by atoms with E-state index in [9.17, 15) is 9.90 Å². The van der Waals surface area contributed by atoms with E-state index in [1.54, 1.807) is 0 Å². The summed E-state index contributed by atoms with van der Waals surface area (Å²) in [4.78, 5) is 11.7. The first kappa shape index (κ1) is 23.6. The van der Waals surface area contributed by atoms with Crippen molar-refractivity contribution in [3.8, 4) is 0 Å². The molecule has 4 nitrogen and oxygen atoms in total. The second-order valence-electron chi connectivity index (χ2n) is 6.31. The Morgan fingerprint density at radius 1 is 1.24 bits per heavy atom. The fourth-order valence-corrected chi connectivity index (χ4v) is 2.66. The van der Waals surface area contributed by atoms with E-state index in [0.717, 1.165) is 6.42 Å². The zero-order chi connectivity index (χ0) is 14.3. The standard InChI is InChI=1S/C15H30N2O2.2BrH/c1-11(2)10-17-15(19)14(16)13(18)9-8-12-6-4-3-5-7-12;;/h11-14,18H,3-10,16H2,1-2H3,(H,17,19);2*1H/t13-,14?;;/m0../s1. The zero-order valence-electron chi connectivity index (χ0n) is 13.2. The van der Waals surface area contributed by atoms with Gasteiger partial charge in [0.25, 0.3) is 0 Å². The first-order valence-electron chi connectivity index (χ1n) is 7.72. The van der Waals surface area contributed by atoms with E-state index in [4.69, 9.17) is 5.73 Å². The van der Waals surface area contributed by atoms with Crippen molar-refractivity contribution in [1.82, 2.24) is 5.32 Å². The number of aliphatic hydroxyl groups excluding tert-OH is 1. The molecule has 128 valence electrons. The largest absolute Gasteiger partial charge is 0.391 e. The molecule has 4 N–H and O–H groups in total. The van der Waals surface area contributed by atoms with Gasteiger partial charge >= 0.3 is 0 Å². The normalized spacial score (nSPS) is 18.3. The van der Waals surface area contributed by atoms with Gasteiger partial charge in [0.05, 0.1) is 6.10 Å². The number of aliphatic hydroxyl groups is 1. The van der Waals surface area contributed by atoms with Gasteiger partial charge in [-0.1, -0.05) is 46.0 Å². The van der Waals surface area contributed by atoms with Gasteiger partial charge in [0, 0.05) is 6.54 Å². The minimum absolute atomic E-state index is 0. The van der Waals surface area contributed by atoms with Crippen LogP contribution in [0.15, 0.2) is 0 Å². The summed E-state index contributed by atoms with van der Waals surface area (Å²) in [6.07, 6.45) is 7.41. The Labute approximate surface area is 150 Å². The number of hydrogen-bond donors (Lipinski definition) is 3. The molecule has 1 fully saturated rings. The summed E-state index contributed by atoms with van der Waals surface area (Å²) >= 11 is 0. The summed E-state index contributed by atoms with van der Waals surface area (Å²) in [7, 11) is 0. The molecule has 0 bridgehead atoms. The lowest BCUT2D eigenvalue weighted by atomic mass is 9.85. The van der Waals surface area contributed by atoms with Crippen LogP contribution in [0.4, 0.5) is 0 Å². The second kappa shape index (κ2) is 12.9. The van der Waals surface area contributed by atoms with E-state index in [0.29, 0.717) is 24.8 Å². The summed E-state index contributed by atoms with van der Waals surface area (Å²) in [5.41, 5.74) is 5.80. The van der Waals surface area contributed by atoms with Gasteiger partial charge in [0.2, 0.25) is 5.91 Å². The van der Waals surface area contributed by atoms with Crippen molar-refractivity contribution in [2.45, 2.75) is 70.9 Å². The van der Waals surface area contributed by atoms with Crippen LogP contribution in [0.2, 0.25) is 0 Å². The van der Waals surface area contributed by atoms with Crippen LogP contribution in [0.5, 0.6) is 0 Å². The topological polar surface area (TPSA) is 75.4 Å². The Hall–Kier alpha value is 0.350. The molecular formula is C15H32Br2N2O2. The van der Waals surface area contributed by atoms with Crippen LogP contribution in [0, 0.1) is 11.8 Å². The Morgan fingerprint density at radius 2 is 1.81 bits per heavy atom. The quantitative estimate of drug-likeness (QED) is 0.579. The average Bonchev–Trinajstić information content (AvgIpc) is 2.42. The third-order valence-corrected chi connectivity index (χ3v) is 4.00. The maximum atomic E-state index is 11.7. The van der Waals surface area contributed by atoms with Crippen molar-refractivity contribution >= 4 is 39.9 Å². The molecule has 21 heavy (non-hydrogen) atoms. The van der Waals surface area contributed by atoms with E-state index in [1.807, 2.05) is 13.8 Å². The van der Waals surface area contributed by atoms with Crippen LogP contribution in [-0.2, 0) is 4.79 Å². The van der Waals surface area contributed by atoms with Crippen LogP contribution in [0.25, 0.3) is 0 Å². The first-order chi connectivity index (χ1) is 9.00. The first-order valence-corrected chi connectivity index (χ1v) is 7.72. The minimum atomic E-state index is -0.789. The smallest absolute Gasteiger partial charge is 0.239 e. The average molecular weight is 432 g/mol. The summed E-state index contributed by atoms with van der Waals surface area (Å²) < 4.78 is 0. The number of carbonyl (C=O) groups excluding carboxylic acids is 1. The number of halogens is 2. The van der Waals surface area contributed by atoms with Crippen LogP contribution in [-0.4, -0.2) is 29.7 Å². The van der Waals surface area contributed by atoms with Gasteiger partial charge in [-0.05, 0) is 24.7 Å². The predicted octanol–water partition coefficient (Wildman–Crippen LogP) is 2.96. The number of nitrogens with one attached hydrogen (secondary N) is 1. The maximum Gasteiger partial charge on any atom is 0.239 e. The van der Waals surface area contributed by atoms with Gasteiger partial charge in [-0.25, -0.2) is 0 Å². The minimum Gasteiger partial charge on any atom is -0.391 e. The Bertz CT molecular complexity index is 272. The molecule has 6 heteroatoms. The molecule has 1 aliphatic rings. The third-order valence-electron chi connectivity index (χ3n) is 4.00. The molecule has 1 rings (SSSR count).